The molecule has 0 saturated heterocycles. The lowest BCUT2D eigenvalue weighted by Gasteiger charge is -2.05. The number of rotatable bonds is 6. The number of benzene rings is 1. The Morgan fingerprint density at radius 2 is 2.23 bits per heavy atom. The van der Waals surface area contributed by atoms with Crippen LogP contribution in [0, 0.1) is 17.2 Å². The van der Waals surface area contributed by atoms with Gasteiger partial charge in [0.05, 0.1) is 17.4 Å². The molecular formula is C14H11BrN4O2S. The number of hydrogen-bond acceptors (Lipinski definition) is 7. The van der Waals surface area contributed by atoms with E-state index < -0.39 is 5.92 Å². The van der Waals surface area contributed by atoms with E-state index in [2.05, 4.69) is 32.7 Å². The van der Waals surface area contributed by atoms with E-state index in [9.17, 15) is 4.79 Å². The van der Waals surface area contributed by atoms with E-state index in [1.54, 1.807) is 0 Å². The lowest BCUT2D eigenvalue weighted by molar-refractivity contribution is -0.117. The molecule has 2 aromatic rings. The Kier molecular flexibility index (Phi) is 5.35. The first-order chi connectivity index (χ1) is 10.5. The molecule has 0 spiro atoms. The van der Waals surface area contributed by atoms with E-state index in [-0.39, 0.29) is 22.5 Å². The molecule has 0 aliphatic rings. The number of nitriles is 1. The van der Waals surface area contributed by atoms with E-state index in [1.807, 2.05) is 30.3 Å². The highest BCUT2D eigenvalue weighted by molar-refractivity contribution is 9.10. The van der Waals surface area contributed by atoms with Crippen LogP contribution in [0.5, 0.6) is 0 Å². The molecule has 0 aliphatic carbocycles. The highest BCUT2D eigenvalue weighted by Gasteiger charge is 2.21. The van der Waals surface area contributed by atoms with Crippen molar-refractivity contribution in [1.29, 1.82) is 5.26 Å². The van der Waals surface area contributed by atoms with Gasteiger partial charge in [-0.15, -0.1) is 10.2 Å². The van der Waals surface area contributed by atoms with E-state index in [1.165, 1.54) is 0 Å². The average molecular weight is 379 g/mol. The molecular weight excluding hydrogens is 368 g/mol. The fourth-order valence-electron chi connectivity index (χ4n) is 1.59. The number of thioether (sulfide) groups is 1. The molecule has 1 heterocycles. The number of aromatic nitrogens is 2. The Labute approximate surface area is 139 Å². The summed E-state index contributed by atoms with van der Waals surface area (Å²) >= 11 is 4.46. The van der Waals surface area contributed by atoms with Crippen LogP contribution in [0.4, 0.5) is 0 Å². The standard InChI is InChI=1S/C14H11BrN4O2S/c1-8(17)10(6-16)12(20)7-22-14-19-18-13(21-14)9-4-2-3-5-11(9)15/h2-5,10H,1,7,17H2/t10-/m0/s1. The van der Waals surface area contributed by atoms with Gasteiger partial charge in [-0.05, 0) is 28.1 Å². The van der Waals surface area contributed by atoms with Crippen molar-refractivity contribution in [3.8, 4) is 17.5 Å². The first kappa shape index (κ1) is 16.3. The van der Waals surface area contributed by atoms with Crippen LogP contribution >= 0.6 is 27.7 Å². The largest absolute Gasteiger partial charge is 0.411 e. The molecule has 0 saturated carbocycles. The Bertz CT molecular complexity index is 753. The van der Waals surface area contributed by atoms with E-state index >= 15 is 0 Å². The van der Waals surface area contributed by atoms with Crippen LogP contribution < -0.4 is 5.73 Å². The summed E-state index contributed by atoms with van der Waals surface area (Å²) in [5.41, 5.74) is 6.21. The van der Waals surface area contributed by atoms with E-state index in [0.717, 1.165) is 21.8 Å². The minimum atomic E-state index is -1.02. The number of carbonyl (C=O) groups excluding carboxylic acids is 1. The van der Waals surface area contributed by atoms with Crippen molar-refractivity contribution in [3.05, 3.63) is 41.0 Å². The van der Waals surface area contributed by atoms with Crippen LogP contribution in [0.15, 0.2) is 50.7 Å². The van der Waals surface area contributed by atoms with E-state index in [0.29, 0.717) is 5.89 Å². The zero-order valence-electron chi connectivity index (χ0n) is 11.3. The normalized spacial score (nSPS) is 11.6. The molecule has 0 radical (unpaired) electrons. The molecule has 0 bridgehead atoms. The average Bonchev–Trinajstić information content (AvgIpc) is 2.94. The van der Waals surface area contributed by atoms with Crippen LogP contribution in [0.3, 0.4) is 0 Å². The second kappa shape index (κ2) is 7.24. The molecule has 0 fully saturated rings. The highest BCUT2D eigenvalue weighted by atomic mass is 79.9. The van der Waals surface area contributed by atoms with Gasteiger partial charge in [-0.2, -0.15) is 5.26 Å². The van der Waals surface area contributed by atoms with Crippen molar-refractivity contribution < 1.29 is 9.21 Å². The van der Waals surface area contributed by atoms with Gasteiger partial charge in [-0.3, -0.25) is 4.79 Å². The third-order valence-electron chi connectivity index (χ3n) is 2.67. The SMILES string of the molecule is C=C(N)[C@H](C#N)C(=O)CSc1nnc(-c2ccccc2Br)o1. The predicted molar refractivity (Wildman–Crippen MR) is 85.6 cm³/mol. The number of Topliss-reactive ketones (excluding diaryl/α,β-unsaturated/α-hetero) is 1. The second-order valence-corrected chi connectivity index (χ2v) is 6.03. The summed E-state index contributed by atoms with van der Waals surface area (Å²) in [5, 5.41) is 16.9. The van der Waals surface area contributed by atoms with Crippen LogP contribution in [-0.4, -0.2) is 21.7 Å². The maximum Gasteiger partial charge on any atom is 0.277 e. The van der Waals surface area contributed by atoms with Crippen molar-refractivity contribution in [2.45, 2.75) is 5.22 Å². The van der Waals surface area contributed by atoms with Gasteiger partial charge >= 0.3 is 0 Å². The summed E-state index contributed by atoms with van der Waals surface area (Å²) in [5.74, 6) is -1.01. The van der Waals surface area contributed by atoms with Gasteiger partial charge in [0.15, 0.2) is 5.78 Å². The minimum absolute atomic E-state index is 0.00599. The minimum Gasteiger partial charge on any atom is -0.411 e. The molecule has 1 aromatic heterocycles. The summed E-state index contributed by atoms with van der Waals surface area (Å²) in [4.78, 5) is 11.8. The smallest absolute Gasteiger partial charge is 0.277 e. The molecule has 0 amide bonds. The quantitative estimate of drug-likeness (QED) is 0.770. The number of allylic oxidation sites excluding steroid dienone is 1. The molecule has 0 unspecified atom stereocenters. The number of ketones is 1. The molecule has 1 atom stereocenters. The Morgan fingerprint density at radius 3 is 2.86 bits per heavy atom. The van der Waals surface area contributed by atoms with Gasteiger partial charge in [-0.25, -0.2) is 0 Å². The highest BCUT2D eigenvalue weighted by Crippen LogP contribution is 2.29. The molecule has 0 aliphatic heterocycles. The molecule has 112 valence electrons. The molecule has 6 nitrogen and oxygen atoms in total. The summed E-state index contributed by atoms with van der Waals surface area (Å²) in [6, 6.07) is 9.24. The number of nitrogens with zero attached hydrogens (tertiary/aromatic N) is 3. The monoisotopic (exact) mass is 378 g/mol. The van der Waals surface area contributed by atoms with Crippen molar-refractivity contribution in [3.63, 3.8) is 0 Å². The molecule has 22 heavy (non-hydrogen) atoms. The van der Waals surface area contributed by atoms with Crippen molar-refractivity contribution in [2.75, 3.05) is 5.75 Å². The zero-order valence-corrected chi connectivity index (χ0v) is 13.7. The van der Waals surface area contributed by atoms with Gasteiger partial charge < -0.3 is 10.2 Å². The van der Waals surface area contributed by atoms with Gasteiger partial charge in [0.1, 0.15) is 5.92 Å². The maximum absolute atomic E-state index is 11.8. The lowest BCUT2D eigenvalue weighted by atomic mass is 10.1. The van der Waals surface area contributed by atoms with Gasteiger partial charge in [0.2, 0.25) is 5.89 Å². The first-order valence-corrected chi connectivity index (χ1v) is 7.88. The first-order valence-electron chi connectivity index (χ1n) is 6.10. The Hall–Kier alpha value is -2.11. The summed E-state index contributed by atoms with van der Waals surface area (Å²) in [6.07, 6.45) is 0. The topological polar surface area (TPSA) is 106 Å². The summed E-state index contributed by atoms with van der Waals surface area (Å²) in [6.45, 7) is 3.42. The number of nitrogens with two attached hydrogens (primary N) is 1. The third-order valence-corrected chi connectivity index (χ3v) is 4.20. The predicted octanol–water partition coefficient (Wildman–Crippen LogP) is 2.77. The zero-order chi connectivity index (χ0) is 16.1. The Morgan fingerprint density at radius 1 is 1.50 bits per heavy atom. The molecule has 1 aromatic carbocycles. The van der Waals surface area contributed by atoms with Crippen molar-refractivity contribution in [2.24, 2.45) is 11.7 Å². The molecule has 2 N–H and O–H groups in total. The fraction of sp³-hybridized carbons (Fsp3) is 0.143. The molecule has 2 rings (SSSR count). The van der Waals surface area contributed by atoms with Gasteiger partial charge in [0, 0.05) is 10.2 Å². The van der Waals surface area contributed by atoms with Crippen molar-refractivity contribution >= 4 is 33.5 Å². The van der Waals surface area contributed by atoms with Gasteiger partial charge in [0.25, 0.3) is 5.22 Å². The Balaban J connectivity index is 2.05. The van der Waals surface area contributed by atoms with Crippen LogP contribution in [0.2, 0.25) is 0 Å². The number of hydrogen-bond donors (Lipinski definition) is 1. The third kappa shape index (κ3) is 3.75. The van der Waals surface area contributed by atoms with E-state index in [4.69, 9.17) is 15.4 Å². The second-order valence-electron chi connectivity index (χ2n) is 4.24. The number of halogens is 1. The maximum atomic E-state index is 11.8. The fourth-order valence-corrected chi connectivity index (χ4v) is 2.71. The van der Waals surface area contributed by atoms with Crippen LogP contribution in [-0.2, 0) is 4.79 Å². The number of carbonyl (C=O) groups is 1. The van der Waals surface area contributed by atoms with Crippen LogP contribution in [0.25, 0.3) is 11.5 Å². The molecule has 8 heteroatoms. The lowest BCUT2D eigenvalue weighted by Crippen LogP contribution is -2.21. The summed E-state index contributed by atoms with van der Waals surface area (Å²) in [7, 11) is 0. The summed E-state index contributed by atoms with van der Waals surface area (Å²) < 4.78 is 6.33. The van der Waals surface area contributed by atoms with Gasteiger partial charge in [-0.1, -0.05) is 30.5 Å². The van der Waals surface area contributed by atoms with Crippen molar-refractivity contribution in [1.82, 2.24) is 10.2 Å². The van der Waals surface area contributed by atoms with Crippen LogP contribution in [0.1, 0.15) is 0 Å².